The van der Waals surface area contributed by atoms with Crippen LogP contribution in [0.25, 0.3) is 11.0 Å². The minimum atomic E-state index is -0.139. The minimum absolute atomic E-state index is 0.139. The highest BCUT2D eigenvalue weighted by Gasteiger charge is 2.11. The van der Waals surface area contributed by atoms with E-state index in [1.54, 1.807) is 0 Å². The molecule has 0 bridgehead atoms. The lowest BCUT2D eigenvalue weighted by Crippen LogP contribution is -2.11. The van der Waals surface area contributed by atoms with Gasteiger partial charge in [-0.2, -0.15) is 4.98 Å². The molecule has 0 spiro atoms. The Morgan fingerprint density at radius 3 is 2.70 bits per heavy atom. The van der Waals surface area contributed by atoms with Crippen LogP contribution >= 0.6 is 0 Å². The molecule has 1 unspecified atom stereocenters. The molecule has 0 radical (unpaired) electrons. The summed E-state index contributed by atoms with van der Waals surface area (Å²) in [6.07, 6.45) is 0. The molecule has 20 heavy (non-hydrogen) atoms. The molecule has 4 heteroatoms. The summed E-state index contributed by atoms with van der Waals surface area (Å²) in [6, 6.07) is 16.5. The fraction of sp³-hybridized carbons (Fsp3) is 0.188. The molecule has 0 aliphatic carbocycles. The fourth-order valence-corrected chi connectivity index (χ4v) is 2.26. The maximum atomic E-state index is 6.31. The van der Waals surface area contributed by atoms with Crippen LogP contribution in [0.5, 0.6) is 6.01 Å². The van der Waals surface area contributed by atoms with E-state index < -0.39 is 0 Å². The van der Waals surface area contributed by atoms with Crippen LogP contribution in [0.3, 0.4) is 0 Å². The Morgan fingerprint density at radius 1 is 1.15 bits per heavy atom. The monoisotopic (exact) mass is 267 g/mol. The van der Waals surface area contributed by atoms with E-state index in [-0.39, 0.29) is 6.04 Å². The summed E-state index contributed by atoms with van der Waals surface area (Å²) in [5.41, 5.74) is 10.3. The second-order valence-corrected chi connectivity index (χ2v) is 4.64. The van der Waals surface area contributed by atoms with Gasteiger partial charge in [0, 0.05) is 0 Å². The molecule has 1 aromatic heterocycles. The van der Waals surface area contributed by atoms with Crippen molar-refractivity contribution in [3.05, 3.63) is 59.7 Å². The minimum Gasteiger partial charge on any atom is -0.465 e. The number of nitrogens with two attached hydrogens (primary N) is 1. The number of hydrogen-bond acceptors (Lipinski definition) is 3. The molecule has 0 aliphatic heterocycles. The van der Waals surface area contributed by atoms with Crippen molar-refractivity contribution < 1.29 is 4.74 Å². The third kappa shape index (κ3) is 2.38. The van der Waals surface area contributed by atoms with Crippen LogP contribution in [0.2, 0.25) is 0 Å². The van der Waals surface area contributed by atoms with E-state index in [2.05, 4.69) is 9.97 Å². The molecule has 102 valence electrons. The zero-order chi connectivity index (χ0) is 13.9. The zero-order valence-electron chi connectivity index (χ0n) is 11.3. The smallest absolute Gasteiger partial charge is 0.294 e. The number of nitrogens with zero attached hydrogens (tertiary/aromatic N) is 1. The zero-order valence-corrected chi connectivity index (χ0v) is 11.3. The fourth-order valence-electron chi connectivity index (χ4n) is 2.26. The summed E-state index contributed by atoms with van der Waals surface area (Å²) in [5, 5.41) is 0. The Kier molecular flexibility index (Phi) is 3.39. The van der Waals surface area contributed by atoms with Gasteiger partial charge in [0.1, 0.15) is 0 Å². The van der Waals surface area contributed by atoms with E-state index in [0.717, 1.165) is 22.2 Å². The average molecular weight is 267 g/mol. The van der Waals surface area contributed by atoms with Gasteiger partial charge in [-0.15, -0.1) is 0 Å². The van der Waals surface area contributed by atoms with Crippen molar-refractivity contribution >= 4 is 11.0 Å². The highest BCUT2D eigenvalue weighted by Crippen LogP contribution is 2.24. The molecule has 0 fully saturated rings. The molecular formula is C16H17N3O. The highest BCUT2D eigenvalue weighted by atomic mass is 16.5. The van der Waals surface area contributed by atoms with E-state index in [1.807, 2.05) is 55.5 Å². The Balaban J connectivity index is 1.96. The molecule has 1 heterocycles. The number of ether oxygens (including phenoxy) is 1. The van der Waals surface area contributed by atoms with Gasteiger partial charge in [-0.3, -0.25) is 0 Å². The number of aromatic nitrogens is 2. The maximum absolute atomic E-state index is 6.31. The molecule has 3 aromatic rings. The lowest BCUT2D eigenvalue weighted by atomic mass is 9.99. The Bertz CT molecular complexity index is 706. The second kappa shape index (κ2) is 5.35. The second-order valence-electron chi connectivity index (χ2n) is 4.64. The van der Waals surface area contributed by atoms with Gasteiger partial charge in [-0.05, 0) is 30.2 Å². The molecule has 4 nitrogen and oxygen atoms in total. The Morgan fingerprint density at radius 2 is 1.95 bits per heavy atom. The summed E-state index contributed by atoms with van der Waals surface area (Å²) >= 11 is 0. The number of rotatable bonds is 4. The Hall–Kier alpha value is -2.33. The van der Waals surface area contributed by atoms with Crippen molar-refractivity contribution in [2.24, 2.45) is 5.73 Å². The van der Waals surface area contributed by atoms with Crippen LogP contribution < -0.4 is 10.5 Å². The van der Waals surface area contributed by atoms with Crippen molar-refractivity contribution in [2.45, 2.75) is 13.0 Å². The van der Waals surface area contributed by atoms with Gasteiger partial charge in [0.2, 0.25) is 0 Å². The summed E-state index contributed by atoms with van der Waals surface area (Å²) in [7, 11) is 0. The van der Waals surface area contributed by atoms with E-state index in [9.17, 15) is 0 Å². The predicted molar refractivity (Wildman–Crippen MR) is 79.7 cm³/mol. The number of H-pyrrole nitrogens is 1. The third-order valence-corrected chi connectivity index (χ3v) is 3.28. The van der Waals surface area contributed by atoms with Gasteiger partial charge in [0.15, 0.2) is 0 Å². The van der Waals surface area contributed by atoms with E-state index in [4.69, 9.17) is 10.5 Å². The van der Waals surface area contributed by atoms with Crippen molar-refractivity contribution in [3.63, 3.8) is 0 Å². The number of fused-ring (bicyclic) bond motifs is 1. The van der Waals surface area contributed by atoms with Gasteiger partial charge < -0.3 is 15.5 Å². The number of aromatic amines is 1. The number of imidazole rings is 1. The molecule has 0 saturated carbocycles. The molecule has 3 rings (SSSR count). The first-order valence-electron chi connectivity index (χ1n) is 6.71. The van der Waals surface area contributed by atoms with Crippen molar-refractivity contribution in [1.29, 1.82) is 0 Å². The summed E-state index contributed by atoms with van der Waals surface area (Å²) < 4.78 is 5.38. The number of nitrogens with one attached hydrogen (secondary N) is 1. The summed E-state index contributed by atoms with van der Waals surface area (Å²) in [5.74, 6) is 0. The topological polar surface area (TPSA) is 63.9 Å². The highest BCUT2D eigenvalue weighted by molar-refractivity contribution is 5.76. The number of benzene rings is 2. The standard InChI is InChI=1S/C16H17N3O/c1-2-20-16-18-13-9-8-12(10-14(13)19-16)15(17)11-6-4-3-5-7-11/h3-10,15H,2,17H2,1H3,(H,18,19). The lowest BCUT2D eigenvalue weighted by molar-refractivity contribution is 0.317. The van der Waals surface area contributed by atoms with Crippen molar-refractivity contribution in [3.8, 4) is 6.01 Å². The van der Waals surface area contributed by atoms with Gasteiger partial charge in [-0.1, -0.05) is 36.4 Å². The van der Waals surface area contributed by atoms with Crippen LogP contribution in [0.1, 0.15) is 24.1 Å². The SMILES string of the molecule is CCOc1nc2ccc(C(N)c3ccccc3)cc2[nH]1. The molecule has 3 N–H and O–H groups in total. The van der Waals surface area contributed by atoms with Gasteiger partial charge in [-0.25, -0.2) is 0 Å². The molecule has 1 atom stereocenters. The predicted octanol–water partition coefficient (Wildman–Crippen LogP) is 3.01. The van der Waals surface area contributed by atoms with Gasteiger partial charge in [0.25, 0.3) is 6.01 Å². The first kappa shape index (κ1) is 12.7. The number of hydrogen-bond donors (Lipinski definition) is 2. The average Bonchev–Trinajstić information content (AvgIpc) is 2.89. The molecule has 0 amide bonds. The van der Waals surface area contributed by atoms with Crippen molar-refractivity contribution in [2.75, 3.05) is 6.61 Å². The Labute approximate surface area is 117 Å². The first-order chi connectivity index (χ1) is 9.78. The van der Waals surface area contributed by atoms with Crippen LogP contribution in [0.4, 0.5) is 0 Å². The maximum Gasteiger partial charge on any atom is 0.294 e. The van der Waals surface area contributed by atoms with Gasteiger partial charge in [0.05, 0.1) is 23.7 Å². The van der Waals surface area contributed by atoms with Crippen LogP contribution in [0, 0.1) is 0 Å². The van der Waals surface area contributed by atoms with Crippen LogP contribution in [-0.4, -0.2) is 16.6 Å². The summed E-state index contributed by atoms with van der Waals surface area (Å²) in [4.78, 5) is 7.51. The largest absolute Gasteiger partial charge is 0.465 e. The molecular weight excluding hydrogens is 250 g/mol. The third-order valence-electron chi connectivity index (χ3n) is 3.28. The van der Waals surface area contributed by atoms with E-state index in [0.29, 0.717) is 12.6 Å². The molecule has 2 aromatic carbocycles. The van der Waals surface area contributed by atoms with Gasteiger partial charge >= 0.3 is 0 Å². The first-order valence-corrected chi connectivity index (χ1v) is 6.71. The van der Waals surface area contributed by atoms with E-state index >= 15 is 0 Å². The van der Waals surface area contributed by atoms with Crippen LogP contribution in [-0.2, 0) is 0 Å². The quantitative estimate of drug-likeness (QED) is 0.763. The van der Waals surface area contributed by atoms with Crippen molar-refractivity contribution in [1.82, 2.24) is 9.97 Å². The summed E-state index contributed by atoms with van der Waals surface area (Å²) in [6.45, 7) is 2.53. The van der Waals surface area contributed by atoms with Crippen LogP contribution in [0.15, 0.2) is 48.5 Å². The molecule has 0 saturated heterocycles. The molecule has 0 aliphatic rings. The lowest BCUT2D eigenvalue weighted by Gasteiger charge is -2.12. The normalized spacial score (nSPS) is 12.5. The van der Waals surface area contributed by atoms with E-state index in [1.165, 1.54) is 0 Å².